The van der Waals surface area contributed by atoms with E-state index < -0.39 is 0 Å². The number of anilines is 2. The molecule has 0 aliphatic carbocycles. The Balaban J connectivity index is 1.97. The van der Waals surface area contributed by atoms with Crippen molar-refractivity contribution in [3.63, 3.8) is 0 Å². The number of hydrogen-bond acceptors (Lipinski definition) is 3. The first-order valence-corrected chi connectivity index (χ1v) is 6.89. The predicted molar refractivity (Wildman–Crippen MR) is 85.9 cm³/mol. The fraction of sp³-hybridized carbons (Fsp3) is 0.188. The van der Waals surface area contributed by atoms with Crippen molar-refractivity contribution in [1.29, 1.82) is 0 Å². The molecule has 3 N–H and O–H groups in total. The van der Waals surface area contributed by atoms with E-state index >= 15 is 0 Å². The molecule has 110 valence electrons. The van der Waals surface area contributed by atoms with Crippen LogP contribution in [-0.2, 0) is 4.79 Å². The molecule has 0 heterocycles. The summed E-state index contributed by atoms with van der Waals surface area (Å²) < 4.78 is 5.50. The van der Waals surface area contributed by atoms with Crippen molar-refractivity contribution >= 4 is 28.9 Å². The minimum absolute atomic E-state index is 0.0727. The van der Waals surface area contributed by atoms with Gasteiger partial charge in [-0.2, -0.15) is 0 Å². The molecule has 2 aromatic rings. The molecule has 0 fully saturated rings. The van der Waals surface area contributed by atoms with E-state index in [-0.39, 0.29) is 12.5 Å². The van der Waals surface area contributed by atoms with E-state index in [9.17, 15) is 4.79 Å². The average Bonchev–Trinajstić information content (AvgIpc) is 2.43. The van der Waals surface area contributed by atoms with Crippen molar-refractivity contribution in [2.75, 3.05) is 17.7 Å². The number of aryl methyl sites for hydroxylation is 1. The summed E-state index contributed by atoms with van der Waals surface area (Å²) in [7, 11) is 0. The van der Waals surface area contributed by atoms with Crippen molar-refractivity contribution in [3.05, 3.63) is 52.5 Å². The van der Waals surface area contributed by atoms with E-state index in [2.05, 4.69) is 5.32 Å². The number of hydrogen-bond donors (Lipinski definition) is 2. The predicted octanol–water partition coefficient (Wildman–Crippen LogP) is 3.56. The number of ether oxygens (including phenoxy) is 1. The third-order valence-electron chi connectivity index (χ3n) is 3.10. The van der Waals surface area contributed by atoms with E-state index in [1.807, 2.05) is 13.8 Å². The Bertz CT molecular complexity index is 671. The fourth-order valence-corrected chi connectivity index (χ4v) is 2.08. The minimum atomic E-state index is -0.239. The summed E-state index contributed by atoms with van der Waals surface area (Å²) in [5.41, 5.74) is 8.74. The second-order valence-corrected chi connectivity index (χ2v) is 5.18. The van der Waals surface area contributed by atoms with Crippen molar-refractivity contribution in [3.8, 4) is 5.75 Å². The molecule has 0 atom stereocenters. The van der Waals surface area contributed by atoms with E-state index in [1.165, 1.54) is 0 Å². The Morgan fingerprint density at radius 2 is 2.05 bits per heavy atom. The lowest BCUT2D eigenvalue weighted by Gasteiger charge is -2.12. The molecule has 0 radical (unpaired) electrons. The second-order valence-electron chi connectivity index (χ2n) is 4.77. The van der Waals surface area contributed by atoms with Gasteiger partial charge in [0.15, 0.2) is 6.61 Å². The summed E-state index contributed by atoms with van der Waals surface area (Å²) in [6, 6.07) is 10.7. The van der Waals surface area contributed by atoms with Crippen LogP contribution in [0.1, 0.15) is 11.1 Å². The minimum Gasteiger partial charge on any atom is -0.483 e. The number of carbonyl (C=O) groups excluding carboxylic acids is 1. The largest absolute Gasteiger partial charge is 0.483 e. The first-order chi connectivity index (χ1) is 9.97. The third kappa shape index (κ3) is 3.89. The highest BCUT2D eigenvalue weighted by molar-refractivity contribution is 6.31. The standard InChI is InChI=1S/C16H17ClN2O2/c1-10-8-12(18)6-7-15(10)21-9-16(20)19-14-5-3-4-13(17)11(14)2/h3-8H,9,18H2,1-2H3,(H,19,20). The average molecular weight is 305 g/mol. The first kappa shape index (κ1) is 15.2. The highest BCUT2D eigenvalue weighted by Gasteiger charge is 2.08. The Morgan fingerprint density at radius 1 is 1.29 bits per heavy atom. The van der Waals surface area contributed by atoms with Gasteiger partial charge in [0.2, 0.25) is 0 Å². The molecule has 5 heteroatoms. The molecular formula is C16H17ClN2O2. The SMILES string of the molecule is Cc1cc(N)ccc1OCC(=O)Nc1cccc(Cl)c1C. The maximum absolute atomic E-state index is 11.9. The molecule has 0 aliphatic heterocycles. The molecule has 0 unspecified atom stereocenters. The number of halogens is 1. The molecular weight excluding hydrogens is 288 g/mol. The molecule has 4 nitrogen and oxygen atoms in total. The number of nitrogen functional groups attached to an aromatic ring is 1. The lowest BCUT2D eigenvalue weighted by atomic mass is 10.2. The van der Waals surface area contributed by atoms with Crippen molar-refractivity contribution in [2.24, 2.45) is 0 Å². The molecule has 0 spiro atoms. The van der Waals surface area contributed by atoms with E-state index in [0.717, 1.165) is 11.1 Å². The summed E-state index contributed by atoms with van der Waals surface area (Å²) in [5, 5.41) is 3.39. The van der Waals surface area contributed by atoms with Gasteiger partial charge in [0, 0.05) is 16.4 Å². The lowest BCUT2D eigenvalue weighted by Crippen LogP contribution is -2.21. The van der Waals surface area contributed by atoms with E-state index in [1.54, 1.807) is 36.4 Å². The molecule has 1 amide bonds. The monoisotopic (exact) mass is 304 g/mol. The third-order valence-corrected chi connectivity index (χ3v) is 3.51. The quantitative estimate of drug-likeness (QED) is 0.849. The smallest absolute Gasteiger partial charge is 0.262 e. The first-order valence-electron chi connectivity index (χ1n) is 6.51. The van der Waals surface area contributed by atoms with Crippen molar-refractivity contribution < 1.29 is 9.53 Å². The number of benzene rings is 2. The normalized spacial score (nSPS) is 10.2. The van der Waals surface area contributed by atoms with Gasteiger partial charge in [0.05, 0.1) is 0 Å². The molecule has 0 aliphatic rings. The maximum Gasteiger partial charge on any atom is 0.262 e. The van der Waals surface area contributed by atoms with Gasteiger partial charge in [-0.25, -0.2) is 0 Å². The second kappa shape index (κ2) is 6.50. The van der Waals surface area contributed by atoms with Crippen molar-refractivity contribution in [1.82, 2.24) is 0 Å². The van der Waals surface area contributed by atoms with Crippen LogP contribution < -0.4 is 15.8 Å². The highest BCUT2D eigenvalue weighted by Crippen LogP contribution is 2.23. The van der Waals surface area contributed by atoms with Crippen LogP contribution in [0.5, 0.6) is 5.75 Å². The van der Waals surface area contributed by atoms with Gasteiger partial charge < -0.3 is 15.8 Å². The summed E-state index contributed by atoms with van der Waals surface area (Å²) >= 11 is 6.01. The van der Waals surface area contributed by atoms with Crippen LogP contribution >= 0.6 is 11.6 Å². The lowest BCUT2D eigenvalue weighted by molar-refractivity contribution is -0.118. The molecule has 2 aromatic carbocycles. The van der Waals surface area contributed by atoms with Gasteiger partial charge in [-0.3, -0.25) is 4.79 Å². The van der Waals surface area contributed by atoms with Crippen LogP contribution in [0.3, 0.4) is 0 Å². The maximum atomic E-state index is 11.9. The van der Waals surface area contributed by atoms with Gasteiger partial charge in [-0.15, -0.1) is 0 Å². The van der Waals surface area contributed by atoms with Crippen LogP contribution in [0.2, 0.25) is 5.02 Å². The number of amides is 1. The number of rotatable bonds is 4. The zero-order chi connectivity index (χ0) is 15.4. The number of carbonyl (C=O) groups is 1. The number of nitrogens with one attached hydrogen (secondary N) is 1. The summed E-state index contributed by atoms with van der Waals surface area (Å²) in [6.07, 6.45) is 0. The Kier molecular flexibility index (Phi) is 4.70. The molecule has 0 saturated heterocycles. The fourth-order valence-electron chi connectivity index (χ4n) is 1.91. The van der Waals surface area contributed by atoms with E-state index in [4.69, 9.17) is 22.1 Å². The Hall–Kier alpha value is -2.20. The number of nitrogens with two attached hydrogens (primary N) is 1. The molecule has 0 saturated carbocycles. The van der Waals surface area contributed by atoms with Gasteiger partial charge in [0.1, 0.15) is 5.75 Å². The van der Waals surface area contributed by atoms with Crippen LogP contribution in [0.25, 0.3) is 0 Å². The zero-order valence-electron chi connectivity index (χ0n) is 11.9. The van der Waals surface area contributed by atoms with Crippen molar-refractivity contribution in [2.45, 2.75) is 13.8 Å². The molecule has 2 rings (SSSR count). The van der Waals surface area contributed by atoms with Gasteiger partial charge in [-0.1, -0.05) is 17.7 Å². The van der Waals surface area contributed by atoms with Gasteiger partial charge in [0.25, 0.3) is 5.91 Å². The van der Waals surface area contributed by atoms with Gasteiger partial charge in [-0.05, 0) is 55.3 Å². The highest BCUT2D eigenvalue weighted by atomic mass is 35.5. The van der Waals surface area contributed by atoms with Crippen LogP contribution in [0.4, 0.5) is 11.4 Å². The topological polar surface area (TPSA) is 64.3 Å². The Morgan fingerprint density at radius 3 is 2.76 bits per heavy atom. The molecule has 21 heavy (non-hydrogen) atoms. The Labute approximate surface area is 128 Å². The van der Waals surface area contributed by atoms with Gasteiger partial charge >= 0.3 is 0 Å². The molecule has 0 bridgehead atoms. The summed E-state index contributed by atoms with van der Waals surface area (Å²) in [4.78, 5) is 11.9. The molecule has 0 aromatic heterocycles. The van der Waals surface area contributed by atoms with Crippen LogP contribution in [0, 0.1) is 13.8 Å². The summed E-state index contributed by atoms with van der Waals surface area (Å²) in [6.45, 7) is 3.66. The zero-order valence-corrected chi connectivity index (χ0v) is 12.7. The van der Waals surface area contributed by atoms with E-state index in [0.29, 0.717) is 22.1 Å². The summed E-state index contributed by atoms with van der Waals surface area (Å²) in [5.74, 6) is 0.402. The van der Waals surface area contributed by atoms with Crippen LogP contribution in [0.15, 0.2) is 36.4 Å². The van der Waals surface area contributed by atoms with Crippen LogP contribution in [-0.4, -0.2) is 12.5 Å².